The van der Waals surface area contributed by atoms with Crippen LogP contribution in [0.3, 0.4) is 0 Å². The number of nitrogens with one attached hydrogen (secondary N) is 2. The first-order valence-corrected chi connectivity index (χ1v) is 5.83. The summed E-state index contributed by atoms with van der Waals surface area (Å²) < 4.78 is 1.63. The zero-order valence-corrected chi connectivity index (χ0v) is 9.79. The van der Waals surface area contributed by atoms with E-state index in [0.29, 0.717) is 16.8 Å². The third kappa shape index (κ3) is 1.40. The molecule has 92 valence electrons. The Morgan fingerprint density at radius 3 is 2.84 bits per heavy atom. The highest BCUT2D eigenvalue weighted by atomic mass is 16.1. The van der Waals surface area contributed by atoms with E-state index in [1.165, 1.54) is 6.33 Å². The molecule has 0 aliphatic heterocycles. The molecule has 3 aromatic heterocycles. The molecule has 4 rings (SSSR count). The molecule has 6 heteroatoms. The Morgan fingerprint density at radius 2 is 2.00 bits per heavy atom. The van der Waals surface area contributed by atoms with Crippen LogP contribution in [0.1, 0.15) is 0 Å². The Labute approximate surface area is 106 Å². The summed E-state index contributed by atoms with van der Waals surface area (Å²) in [6, 6.07) is 11.6. The minimum Gasteiger partial charge on any atom is -0.339 e. The number of imidazole rings is 1. The van der Waals surface area contributed by atoms with E-state index in [4.69, 9.17) is 0 Å². The van der Waals surface area contributed by atoms with Crippen molar-refractivity contribution in [3.05, 3.63) is 53.1 Å². The summed E-state index contributed by atoms with van der Waals surface area (Å²) in [5.41, 5.74) is 3.18. The van der Waals surface area contributed by atoms with Crippen LogP contribution in [0.25, 0.3) is 28.1 Å². The van der Waals surface area contributed by atoms with Crippen LogP contribution in [0.15, 0.2) is 47.5 Å². The summed E-state index contributed by atoms with van der Waals surface area (Å²) >= 11 is 0. The predicted molar refractivity (Wildman–Crippen MR) is 70.9 cm³/mol. The Morgan fingerprint density at radius 1 is 1.16 bits per heavy atom. The summed E-state index contributed by atoms with van der Waals surface area (Å²) in [6.45, 7) is 0. The minimum absolute atomic E-state index is 0.195. The summed E-state index contributed by atoms with van der Waals surface area (Å²) in [7, 11) is 0. The van der Waals surface area contributed by atoms with Gasteiger partial charge < -0.3 is 9.97 Å². The number of aromatic amines is 2. The molecule has 0 unspecified atom stereocenters. The molecule has 6 nitrogen and oxygen atoms in total. The number of fused-ring (bicyclic) bond motifs is 3. The molecule has 1 aromatic carbocycles. The van der Waals surface area contributed by atoms with Crippen molar-refractivity contribution >= 4 is 16.8 Å². The second kappa shape index (κ2) is 3.55. The van der Waals surface area contributed by atoms with Gasteiger partial charge >= 0.3 is 0 Å². The monoisotopic (exact) mass is 251 g/mol. The van der Waals surface area contributed by atoms with Gasteiger partial charge in [0.05, 0.1) is 12.0 Å². The van der Waals surface area contributed by atoms with Crippen LogP contribution < -0.4 is 5.56 Å². The smallest absolute Gasteiger partial charge is 0.277 e. The van der Waals surface area contributed by atoms with Gasteiger partial charge in [-0.25, -0.2) is 4.98 Å². The number of rotatable bonds is 1. The van der Waals surface area contributed by atoms with Gasteiger partial charge in [-0.2, -0.15) is 9.61 Å². The number of nitrogens with zero attached hydrogens (tertiary/aromatic N) is 3. The average Bonchev–Trinajstić information content (AvgIpc) is 3.05. The van der Waals surface area contributed by atoms with Crippen molar-refractivity contribution in [1.82, 2.24) is 24.6 Å². The lowest BCUT2D eigenvalue weighted by atomic mass is 10.2. The molecule has 0 radical (unpaired) electrons. The fourth-order valence-corrected chi connectivity index (χ4v) is 2.18. The van der Waals surface area contributed by atoms with Crippen LogP contribution in [-0.2, 0) is 0 Å². The molecule has 0 spiro atoms. The molecule has 2 N–H and O–H groups in total. The Hall–Kier alpha value is -2.89. The zero-order valence-electron chi connectivity index (χ0n) is 9.79. The van der Waals surface area contributed by atoms with Crippen LogP contribution in [0, 0.1) is 0 Å². The molecule has 0 atom stereocenters. The highest BCUT2D eigenvalue weighted by Crippen LogP contribution is 2.19. The standard InChI is InChI=1S/C13H9N5O/c19-13-11-12(15-7-14-11)18-10(16-13)6-9(17-18)8-4-2-1-3-5-8/h1-7H,(H,14,15)(H,16,19). The molecule has 0 amide bonds. The second-order valence-electron chi connectivity index (χ2n) is 4.25. The van der Waals surface area contributed by atoms with Crippen molar-refractivity contribution < 1.29 is 0 Å². The lowest BCUT2D eigenvalue weighted by molar-refractivity contribution is 0.966. The number of hydrogen-bond donors (Lipinski definition) is 2. The molecule has 0 saturated heterocycles. The van der Waals surface area contributed by atoms with Gasteiger partial charge in [-0.05, 0) is 0 Å². The average molecular weight is 251 g/mol. The van der Waals surface area contributed by atoms with Gasteiger partial charge in [-0.1, -0.05) is 30.3 Å². The first-order chi connectivity index (χ1) is 9.33. The maximum atomic E-state index is 11.8. The van der Waals surface area contributed by atoms with E-state index in [0.717, 1.165) is 11.3 Å². The van der Waals surface area contributed by atoms with E-state index in [-0.39, 0.29) is 5.56 Å². The normalized spacial score (nSPS) is 11.4. The number of H-pyrrole nitrogens is 2. The van der Waals surface area contributed by atoms with Crippen molar-refractivity contribution in [2.24, 2.45) is 0 Å². The summed E-state index contributed by atoms with van der Waals surface area (Å²) in [5, 5.41) is 4.49. The second-order valence-corrected chi connectivity index (χ2v) is 4.25. The molecular formula is C13H9N5O. The lowest BCUT2D eigenvalue weighted by Crippen LogP contribution is -2.09. The van der Waals surface area contributed by atoms with E-state index in [2.05, 4.69) is 20.1 Å². The Balaban J connectivity index is 2.09. The number of hydrogen-bond acceptors (Lipinski definition) is 3. The molecule has 19 heavy (non-hydrogen) atoms. The van der Waals surface area contributed by atoms with E-state index in [9.17, 15) is 4.79 Å². The van der Waals surface area contributed by atoms with Gasteiger partial charge in [0.1, 0.15) is 5.65 Å². The molecule has 0 aliphatic rings. The van der Waals surface area contributed by atoms with Gasteiger partial charge in [0.2, 0.25) is 0 Å². The van der Waals surface area contributed by atoms with Gasteiger partial charge in [0.25, 0.3) is 5.56 Å². The van der Waals surface area contributed by atoms with Crippen molar-refractivity contribution in [3.8, 4) is 11.3 Å². The number of aromatic nitrogens is 5. The molecule has 4 aromatic rings. The predicted octanol–water partition coefficient (Wildman–Crippen LogP) is 1.57. The van der Waals surface area contributed by atoms with Crippen LogP contribution in [0.4, 0.5) is 0 Å². The maximum Gasteiger partial charge on any atom is 0.277 e. The fourth-order valence-electron chi connectivity index (χ4n) is 2.18. The maximum absolute atomic E-state index is 11.8. The molecule has 0 aliphatic carbocycles. The lowest BCUT2D eigenvalue weighted by Gasteiger charge is -1.94. The molecule has 0 bridgehead atoms. The van der Waals surface area contributed by atoms with Crippen molar-refractivity contribution in [1.29, 1.82) is 0 Å². The largest absolute Gasteiger partial charge is 0.339 e. The minimum atomic E-state index is -0.195. The fraction of sp³-hybridized carbons (Fsp3) is 0. The quantitative estimate of drug-likeness (QED) is 0.539. The van der Waals surface area contributed by atoms with Gasteiger partial charge in [-0.15, -0.1) is 0 Å². The third-order valence-corrected chi connectivity index (χ3v) is 3.07. The summed E-state index contributed by atoms with van der Waals surface area (Å²) in [4.78, 5) is 21.6. The number of benzene rings is 1. The molecule has 0 fully saturated rings. The van der Waals surface area contributed by atoms with Crippen molar-refractivity contribution in [2.75, 3.05) is 0 Å². The Kier molecular flexibility index (Phi) is 1.88. The van der Waals surface area contributed by atoms with E-state index >= 15 is 0 Å². The molecule has 3 heterocycles. The highest BCUT2D eigenvalue weighted by Gasteiger charge is 2.11. The van der Waals surface area contributed by atoms with Crippen molar-refractivity contribution in [3.63, 3.8) is 0 Å². The first kappa shape index (κ1) is 10.1. The van der Waals surface area contributed by atoms with Crippen LogP contribution in [0.2, 0.25) is 0 Å². The van der Waals surface area contributed by atoms with Crippen LogP contribution >= 0.6 is 0 Å². The van der Waals surface area contributed by atoms with Gasteiger partial charge in [0.15, 0.2) is 11.2 Å². The van der Waals surface area contributed by atoms with Crippen LogP contribution in [0.5, 0.6) is 0 Å². The van der Waals surface area contributed by atoms with Crippen molar-refractivity contribution in [2.45, 2.75) is 0 Å². The van der Waals surface area contributed by atoms with Gasteiger partial charge in [-0.3, -0.25) is 4.79 Å². The zero-order chi connectivity index (χ0) is 12.8. The third-order valence-electron chi connectivity index (χ3n) is 3.07. The van der Waals surface area contributed by atoms with E-state index in [1.807, 2.05) is 36.4 Å². The van der Waals surface area contributed by atoms with E-state index < -0.39 is 0 Å². The highest BCUT2D eigenvalue weighted by molar-refractivity contribution is 5.74. The van der Waals surface area contributed by atoms with Gasteiger partial charge in [0, 0.05) is 11.6 Å². The summed E-state index contributed by atoms with van der Waals surface area (Å²) in [5.74, 6) is 0. The first-order valence-electron chi connectivity index (χ1n) is 5.83. The molecular weight excluding hydrogens is 242 g/mol. The van der Waals surface area contributed by atoms with Crippen LogP contribution in [-0.4, -0.2) is 24.6 Å². The summed E-state index contributed by atoms with van der Waals surface area (Å²) in [6.07, 6.45) is 1.49. The topological polar surface area (TPSA) is 78.8 Å². The molecule has 0 saturated carbocycles. The van der Waals surface area contributed by atoms with E-state index in [1.54, 1.807) is 4.52 Å². The SMILES string of the molecule is O=c1[nH]c2cc(-c3ccccc3)nn2c2nc[nH]c12. The Bertz CT molecular complexity index is 932.